The number of carbonyl (C=O) groups is 2. The fourth-order valence-corrected chi connectivity index (χ4v) is 4.43. The molecule has 1 N–H and O–H groups in total. The van der Waals surface area contributed by atoms with Gasteiger partial charge in [-0.2, -0.15) is 0 Å². The monoisotopic (exact) mass is 408 g/mol. The van der Waals surface area contributed by atoms with Gasteiger partial charge in [-0.25, -0.2) is 0 Å². The fraction of sp³-hybridized carbons (Fsp3) is 0.417. The van der Waals surface area contributed by atoms with Gasteiger partial charge < -0.3 is 19.7 Å². The van der Waals surface area contributed by atoms with E-state index >= 15 is 0 Å². The third-order valence-electron chi connectivity index (χ3n) is 6.35. The van der Waals surface area contributed by atoms with E-state index in [1.54, 1.807) is 14.0 Å². The zero-order valence-corrected chi connectivity index (χ0v) is 17.6. The van der Waals surface area contributed by atoms with E-state index in [2.05, 4.69) is 11.4 Å². The molecule has 2 aliphatic rings. The minimum Gasteiger partial charge on any atom is -0.497 e. The molecule has 2 heterocycles. The van der Waals surface area contributed by atoms with Gasteiger partial charge in [0.25, 0.3) is 0 Å². The smallest absolute Gasteiger partial charge is 0.235 e. The highest BCUT2D eigenvalue weighted by Crippen LogP contribution is 2.37. The van der Waals surface area contributed by atoms with Gasteiger partial charge in [-0.05, 0) is 60.2 Å². The minimum atomic E-state index is -0.633. The summed E-state index contributed by atoms with van der Waals surface area (Å²) in [7, 11) is 1.63. The lowest BCUT2D eigenvalue weighted by molar-refractivity contribution is -0.129. The number of hydrogen-bond acceptors (Lipinski definition) is 4. The minimum absolute atomic E-state index is 0.0184. The Hall–Kier alpha value is -2.86. The van der Waals surface area contributed by atoms with Crippen molar-refractivity contribution in [3.8, 4) is 5.75 Å². The number of benzene rings is 2. The predicted octanol–water partition coefficient (Wildman–Crippen LogP) is 3.29. The van der Waals surface area contributed by atoms with Crippen LogP contribution in [-0.2, 0) is 32.7 Å². The number of nitrogens with one attached hydrogen (secondary N) is 1. The molecule has 0 unspecified atom stereocenters. The van der Waals surface area contributed by atoms with E-state index in [4.69, 9.17) is 9.47 Å². The summed E-state index contributed by atoms with van der Waals surface area (Å²) in [5.41, 5.74) is 3.45. The zero-order valence-electron chi connectivity index (χ0n) is 17.6. The Morgan fingerprint density at radius 1 is 1.07 bits per heavy atom. The Morgan fingerprint density at radius 2 is 1.80 bits per heavy atom. The van der Waals surface area contributed by atoms with Gasteiger partial charge in [0.1, 0.15) is 5.75 Å². The molecule has 0 aromatic heterocycles. The molecule has 0 aliphatic carbocycles. The molecule has 6 heteroatoms. The number of methoxy groups -OCH3 is 1. The van der Waals surface area contributed by atoms with Crippen molar-refractivity contribution in [1.82, 2.24) is 4.90 Å². The van der Waals surface area contributed by atoms with Crippen LogP contribution in [0.15, 0.2) is 42.5 Å². The lowest BCUT2D eigenvalue weighted by Crippen LogP contribution is -2.44. The lowest BCUT2D eigenvalue weighted by atomic mass is 9.73. The van der Waals surface area contributed by atoms with Gasteiger partial charge in [-0.15, -0.1) is 0 Å². The number of nitrogens with zero attached hydrogens (tertiary/aromatic N) is 1. The molecule has 0 saturated carbocycles. The van der Waals surface area contributed by atoms with Crippen molar-refractivity contribution in [3.05, 3.63) is 59.2 Å². The average Bonchev–Trinajstić information content (AvgIpc) is 2.79. The molecular weight excluding hydrogens is 380 g/mol. The van der Waals surface area contributed by atoms with Crippen molar-refractivity contribution < 1.29 is 19.1 Å². The maximum Gasteiger partial charge on any atom is 0.235 e. The van der Waals surface area contributed by atoms with Gasteiger partial charge in [0.05, 0.1) is 12.5 Å². The number of hydrogen-bond donors (Lipinski definition) is 1. The van der Waals surface area contributed by atoms with Gasteiger partial charge >= 0.3 is 0 Å². The molecule has 2 aromatic rings. The van der Waals surface area contributed by atoms with Crippen LogP contribution in [0, 0.1) is 0 Å². The highest BCUT2D eigenvalue weighted by Gasteiger charge is 2.41. The average molecular weight is 408 g/mol. The molecule has 6 nitrogen and oxygen atoms in total. The van der Waals surface area contributed by atoms with E-state index in [1.165, 1.54) is 5.56 Å². The summed E-state index contributed by atoms with van der Waals surface area (Å²) in [5, 5.41) is 3.14. The Morgan fingerprint density at radius 3 is 2.47 bits per heavy atom. The molecule has 0 bridgehead atoms. The largest absolute Gasteiger partial charge is 0.497 e. The van der Waals surface area contributed by atoms with E-state index in [1.807, 2.05) is 41.3 Å². The third kappa shape index (κ3) is 3.92. The van der Waals surface area contributed by atoms with Crippen molar-refractivity contribution in [2.24, 2.45) is 0 Å². The summed E-state index contributed by atoms with van der Waals surface area (Å²) in [4.78, 5) is 27.1. The summed E-state index contributed by atoms with van der Waals surface area (Å²) in [6.45, 7) is 4.04. The van der Waals surface area contributed by atoms with Crippen LogP contribution in [0.5, 0.6) is 5.75 Å². The zero-order chi connectivity index (χ0) is 21.1. The maximum absolute atomic E-state index is 13.5. The standard InChI is InChI=1S/C24H28N2O4/c1-17(27)26-12-9-18-3-6-21(15-19(18)16-26)25-23(28)24(10-13-30-14-11-24)20-4-7-22(29-2)8-5-20/h3-8,15H,9-14,16H2,1-2H3,(H,25,28). The van der Waals surface area contributed by atoms with E-state index in [9.17, 15) is 9.59 Å². The number of carbonyl (C=O) groups excluding carboxylic acids is 2. The van der Waals surface area contributed by atoms with Gasteiger partial charge in [0, 0.05) is 38.9 Å². The van der Waals surface area contributed by atoms with Gasteiger partial charge in [0.15, 0.2) is 0 Å². The summed E-state index contributed by atoms with van der Waals surface area (Å²) >= 11 is 0. The maximum atomic E-state index is 13.5. The first-order valence-corrected chi connectivity index (χ1v) is 10.4. The van der Waals surface area contributed by atoms with Crippen LogP contribution in [0.25, 0.3) is 0 Å². The van der Waals surface area contributed by atoms with E-state index in [0.717, 1.165) is 35.5 Å². The Balaban J connectivity index is 1.59. The predicted molar refractivity (Wildman–Crippen MR) is 115 cm³/mol. The van der Waals surface area contributed by atoms with Crippen LogP contribution in [0.3, 0.4) is 0 Å². The topological polar surface area (TPSA) is 67.9 Å². The van der Waals surface area contributed by atoms with Gasteiger partial charge in [-0.1, -0.05) is 18.2 Å². The third-order valence-corrected chi connectivity index (χ3v) is 6.35. The van der Waals surface area contributed by atoms with Crippen LogP contribution >= 0.6 is 0 Å². The number of ether oxygens (including phenoxy) is 2. The summed E-state index contributed by atoms with van der Waals surface area (Å²) in [6.07, 6.45) is 2.11. The van der Waals surface area contributed by atoms with Crippen LogP contribution in [0.2, 0.25) is 0 Å². The van der Waals surface area contributed by atoms with Crippen LogP contribution in [-0.4, -0.2) is 43.6 Å². The number of fused-ring (bicyclic) bond motifs is 1. The highest BCUT2D eigenvalue weighted by molar-refractivity contribution is 5.99. The summed E-state index contributed by atoms with van der Waals surface area (Å²) in [5.74, 6) is 0.831. The quantitative estimate of drug-likeness (QED) is 0.843. The van der Waals surface area contributed by atoms with E-state index in [0.29, 0.717) is 32.6 Å². The molecule has 4 rings (SSSR count). The van der Waals surface area contributed by atoms with Crippen molar-refractivity contribution in [1.29, 1.82) is 0 Å². The van der Waals surface area contributed by atoms with Crippen LogP contribution in [0.1, 0.15) is 36.5 Å². The molecule has 1 fully saturated rings. The molecule has 30 heavy (non-hydrogen) atoms. The second kappa shape index (κ2) is 8.48. The first-order valence-electron chi connectivity index (χ1n) is 10.4. The Kier molecular flexibility index (Phi) is 5.77. The van der Waals surface area contributed by atoms with Crippen molar-refractivity contribution >= 4 is 17.5 Å². The second-order valence-corrected chi connectivity index (χ2v) is 8.05. The van der Waals surface area contributed by atoms with Crippen LogP contribution in [0.4, 0.5) is 5.69 Å². The Labute approximate surface area is 177 Å². The van der Waals surface area contributed by atoms with Gasteiger partial charge in [0.2, 0.25) is 11.8 Å². The normalized spacial score (nSPS) is 17.7. The molecule has 0 radical (unpaired) electrons. The van der Waals surface area contributed by atoms with E-state index in [-0.39, 0.29) is 11.8 Å². The number of amides is 2. The van der Waals surface area contributed by atoms with Crippen LogP contribution < -0.4 is 10.1 Å². The van der Waals surface area contributed by atoms with Crippen molar-refractivity contribution in [3.63, 3.8) is 0 Å². The summed E-state index contributed by atoms with van der Waals surface area (Å²) in [6, 6.07) is 13.8. The number of anilines is 1. The molecule has 0 spiro atoms. The summed E-state index contributed by atoms with van der Waals surface area (Å²) < 4.78 is 10.8. The molecule has 0 atom stereocenters. The SMILES string of the molecule is COc1ccc(C2(C(=O)Nc3ccc4c(c3)CN(C(C)=O)CC4)CCOCC2)cc1. The van der Waals surface area contributed by atoms with E-state index < -0.39 is 5.41 Å². The molecule has 2 aliphatic heterocycles. The molecular formula is C24H28N2O4. The highest BCUT2D eigenvalue weighted by atomic mass is 16.5. The molecule has 1 saturated heterocycles. The lowest BCUT2D eigenvalue weighted by Gasteiger charge is -2.36. The fourth-order valence-electron chi connectivity index (χ4n) is 4.43. The van der Waals surface area contributed by atoms with Crippen molar-refractivity contribution in [2.45, 2.75) is 38.1 Å². The second-order valence-electron chi connectivity index (χ2n) is 8.05. The van der Waals surface area contributed by atoms with Gasteiger partial charge in [-0.3, -0.25) is 9.59 Å². The Bertz CT molecular complexity index is 933. The van der Waals surface area contributed by atoms with Crippen molar-refractivity contribution in [2.75, 3.05) is 32.2 Å². The molecule has 2 amide bonds. The number of rotatable bonds is 4. The molecule has 2 aromatic carbocycles. The first kappa shape index (κ1) is 20.4. The first-order chi connectivity index (χ1) is 14.5. The molecule has 158 valence electrons.